The summed E-state index contributed by atoms with van der Waals surface area (Å²) in [6, 6.07) is 16.5. The zero-order chi connectivity index (χ0) is 20.4. The minimum atomic E-state index is -0.339. The van der Waals surface area contributed by atoms with Gasteiger partial charge in [-0.05, 0) is 47.9 Å². The van der Waals surface area contributed by atoms with E-state index in [1.165, 1.54) is 7.11 Å². The van der Waals surface area contributed by atoms with E-state index in [-0.39, 0.29) is 17.7 Å². The molecular weight excluding hydrogens is 368 g/mol. The number of amides is 2. The van der Waals surface area contributed by atoms with E-state index in [4.69, 9.17) is 9.47 Å². The van der Waals surface area contributed by atoms with Gasteiger partial charge in [-0.3, -0.25) is 9.59 Å². The number of methoxy groups -OCH3 is 2. The van der Waals surface area contributed by atoms with Crippen LogP contribution in [0.15, 0.2) is 54.6 Å². The number of ether oxygens (including phenoxy) is 2. The Morgan fingerprint density at radius 2 is 1.59 bits per heavy atom. The molecule has 0 spiro atoms. The molecule has 1 fully saturated rings. The molecule has 0 unspecified atom stereocenters. The number of fused-ring (bicyclic) bond motifs is 1. The molecule has 0 radical (unpaired) electrons. The van der Waals surface area contributed by atoms with Crippen LogP contribution in [0.5, 0.6) is 11.5 Å². The highest BCUT2D eigenvalue weighted by Gasteiger charge is 2.30. The van der Waals surface area contributed by atoms with Gasteiger partial charge in [0.2, 0.25) is 5.91 Å². The number of carbonyl (C=O) groups is 2. The fourth-order valence-electron chi connectivity index (χ4n) is 3.21. The highest BCUT2D eigenvalue weighted by atomic mass is 16.5. The van der Waals surface area contributed by atoms with Crippen LogP contribution in [0.2, 0.25) is 0 Å². The van der Waals surface area contributed by atoms with Crippen molar-refractivity contribution < 1.29 is 19.1 Å². The monoisotopic (exact) mass is 390 g/mol. The Hall–Kier alpha value is -3.54. The van der Waals surface area contributed by atoms with E-state index in [1.54, 1.807) is 31.4 Å². The predicted molar refractivity (Wildman–Crippen MR) is 113 cm³/mol. The first-order valence-corrected chi connectivity index (χ1v) is 9.46. The number of benzene rings is 3. The number of rotatable bonds is 6. The van der Waals surface area contributed by atoms with Crippen molar-refractivity contribution in [2.24, 2.45) is 5.92 Å². The van der Waals surface area contributed by atoms with Crippen LogP contribution in [0.4, 0.5) is 11.4 Å². The normalized spacial score (nSPS) is 13.0. The lowest BCUT2D eigenvalue weighted by atomic mass is 10.0. The third-order valence-corrected chi connectivity index (χ3v) is 4.99. The van der Waals surface area contributed by atoms with E-state index >= 15 is 0 Å². The van der Waals surface area contributed by atoms with E-state index in [0.717, 1.165) is 23.6 Å². The summed E-state index contributed by atoms with van der Waals surface area (Å²) in [6.45, 7) is 0. The molecule has 4 rings (SSSR count). The minimum absolute atomic E-state index is 0.0378. The van der Waals surface area contributed by atoms with Crippen molar-refractivity contribution in [1.82, 2.24) is 0 Å². The number of nitrogens with one attached hydrogen (secondary N) is 2. The van der Waals surface area contributed by atoms with Crippen LogP contribution < -0.4 is 20.1 Å². The van der Waals surface area contributed by atoms with E-state index in [0.29, 0.717) is 28.4 Å². The number of hydrogen-bond donors (Lipinski definition) is 2. The molecular formula is C23H22N2O4. The average molecular weight is 390 g/mol. The number of carbonyl (C=O) groups excluding carboxylic acids is 2. The molecule has 1 saturated carbocycles. The smallest absolute Gasteiger partial charge is 0.257 e. The Kier molecular flexibility index (Phi) is 5.08. The molecule has 0 atom stereocenters. The fourth-order valence-corrected chi connectivity index (χ4v) is 3.21. The van der Waals surface area contributed by atoms with Gasteiger partial charge in [-0.1, -0.05) is 24.3 Å². The van der Waals surface area contributed by atoms with Gasteiger partial charge in [0.1, 0.15) is 11.5 Å². The molecule has 0 heterocycles. The molecule has 2 amide bonds. The van der Waals surface area contributed by atoms with Crippen LogP contribution in [0.25, 0.3) is 10.8 Å². The van der Waals surface area contributed by atoms with Gasteiger partial charge < -0.3 is 20.1 Å². The Morgan fingerprint density at radius 1 is 0.862 bits per heavy atom. The Bertz CT molecular complexity index is 1090. The summed E-state index contributed by atoms with van der Waals surface area (Å²) in [7, 11) is 3.09. The largest absolute Gasteiger partial charge is 0.497 e. The third-order valence-electron chi connectivity index (χ3n) is 4.99. The maximum Gasteiger partial charge on any atom is 0.257 e. The Morgan fingerprint density at radius 3 is 2.24 bits per heavy atom. The second-order valence-corrected chi connectivity index (χ2v) is 7.03. The van der Waals surface area contributed by atoms with Gasteiger partial charge >= 0.3 is 0 Å². The maximum atomic E-state index is 13.2. The first kappa shape index (κ1) is 18.8. The van der Waals surface area contributed by atoms with Crippen molar-refractivity contribution in [3.05, 3.63) is 60.2 Å². The summed E-state index contributed by atoms with van der Waals surface area (Å²) in [6.07, 6.45) is 1.78. The second-order valence-electron chi connectivity index (χ2n) is 7.03. The van der Waals surface area contributed by atoms with Crippen LogP contribution in [0, 0.1) is 5.92 Å². The lowest BCUT2D eigenvalue weighted by Crippen LogP contribution is -2.19. The van der Waals surface area contributed by atoms with E-state index < -0.39 is 0 Å². The zero-order valence-corrected chi connectivity index (χ0v) is 16.3. The third kappa shape index (κ3) is 4.01. The molecule has 1 aliphatic carbocycles. The molecule has 29 heavy (non-hydrogen) atoms. The molecule has 3 aromatic carbocycles. The van der Waals surface area contributed by atoms with E-state index in [9.17, 15) is 9.59 Å². The van der Waals surface area contributed by atoms with Gasteiger partial charge in [0.05, 0.1) is 31.2 Å². The summed E-state index contributed by atoms with van der Waals surface area (Å²) in [4.78, 5) is 25.5. The molecule has 148 valence electrons. The fraction of sp³-hybridized carbons (Fsp3) is 0.217. The van der Waals surface area contributed by atoms with Crippen molar-refractivity contribution in [3.63, 3.8) is 0 Å². The molecule has 2 N–H and O–H groups in total. The highest BCUT2D eigenvalue weighted by molar-refractivity contribution is 6.13. The van der Waals surface area contributed by atoms with Gasteiger partial charge in [-0.15, -0.1) is 0 Å². The van der Waals surface area contributed by atoms with E-state index in [1.807, 2.05) is 30.3 Å². The van der Waals surface area contributed by atoms with Crippen LogP contribution in [-0.4, -0.2) is 26.0 Å². The van der Waals surface area contributed by atoms with Crippen molar-refractivity contribution in [2.45, 2.75) is 12.8 Å². The van der Waals surface area contributed by atoms with Crippen molar-refractivity contribution in [1.29, 1.82) is 0 Å². The summed E-state index contributed by atoms with van der Waals surface area (Å²) in [5.74, 6) is 0.767. The lowest BCUT2D eigenvalue weighted by molar-refractivity contribution is -0.117. The standard InChI is InChI=1S/C23H22N2O4/c1-28-17-9-10-21(29-2)20(13-17)25-23(27)18-11-15-5-3-4-6-16(15)12-19(18)24-22(26)14-7-8-14/h3-6,9-14H,7-8H2,1-2H3,(H,24,26)(H,25,27). The van der Waals surface area contributed by atoms with Crippen molar-refractivity contribution in [2.75, 3.05) is 24.9 Å². The minimum Gasteiger partial charge on any atom is -0.497 e. The second kappa shape index (κ2) is 7.83. The van der Waals surface area contributed by atoms with Crippen LogP contribution in [-0.2, 0) is 4.79 Å². The topological polar surface area (TPSA) is 76.7 Å². The van der Waals surface area contributed by atoms with Gasteiger partial charge in [-0.2, -0.15) is 0 Å². The van der Waals surface area contributed by atoms with Crippen molar-refractivity contribution >= 4 is 34.0 Å². The zero-order valence-electron chi connectivity index (χ0n) is 16.3. The van der Waals surface area contributed by atoms with Crippen LogP contribution >= 0.6 is 0 Å². The highest BCUT2D eigenvalue weighted by Crippen LogP contribution is 2.33. The van der Waals surface area contributed by atoms with Crippen molar-refractivity contribution in [3.8, 4) is 11.5 Å². The molecule has 0 aliphatic heterocycles. The molecule has 1 aliphatic rings. The Balaban J connectivity index is 1.71. The van der Waals surface area contributed by atoms with E-state index in [2.05, 4.69) is 10.6 Å². The number of hydrogen-bond acceptors (Lipinski definition) is 4. The maximum absolute atomic E-state index is 13.2. The lowest BCUT2D eigenvalue weighted by Gasteiger charge is -2.15. The molecule has 3 aromatic rings. The number of anilines is 2. The van der Waals surface area contributed by atoms with Crippen LogP contribution in [0.3, 0.4) is 0 Å². The van der Waals surface area contributed by atoms with Crippen LogP contribution in [0.1, 0.15) is 23.2 Å². The Labute approximate surface area is 168 Å². The first-order valence-electron chi connectivity index (χ1n) is 9.46. The molecule has 0 saturated heterocycles. The molecule has 0 aromatic heterocycles. The van der Waals surface area contributed by atoms with Gasteiger partial charge in [-0.25, -0.2) is 0 Å². The molecule has 6 heteroatoms. The summed E-state index contributed by atoms with van der Waals surface area (Å²) >= 11 is 0. The SMILES string of the molecule is COc1ccc(OC)c(NC(=O)c2cc3ccccc3cc2NC(=O)C2CC2)c1. The molecule has 6 nitrogen and oxygen atoms in total. The summed E-state index contributed by atoms with van der Waals surface area (Å²) < 4.78 is 10.6. The van der Waals surface area contributed by atoms with Gasteiger partial charge in [0, 0.05) is 12.0 Å². The summed E-state index contributed by atoms with van der Waals surface area (Å²) in [5.41, 5.74) is 1.38. The average Bonchev–Trinajstić information content (AvgIpc) is 3.58. The molecule has 0 bridgehead atoms. The van der Waals surface area contributed by atoms with Gasteiger partial charge in [0.15, 0.2) is 0 Å². The van der Waals surface area contributed by atoms with Gasteiger partial charge in [0.25, 0.3) is 5.91 Å². The predicted octanol–water partition coefficient (Wildman–Crippen LogP) is 4.46. The summed E-state index contributed by atoms with van der Waals surface area (Å²) in [5, 5.41) is 7.68. The first-order chi connectivity index (χ1) is 14.1. The quantitative estimate of drug-likeness (QED) is 0.652.